The van der Waals surface area contributed by atoms with E-state index in [1.54, 1.807) is 7.11 Å². The van der Waals surface area contributed by atoms with E-state index in [1.165, 1.54) is 62.9 Å². The van der Waals surface area contributed by atoms with Crippen molar-refractivity contribution >= 4 is 59.4 Å². The van der Waals surface area contributed by atoms with Gasteiger partial charge < -0.3 is 9.47 Å². The molecule has 1 fully saturated rings. The lowest BCUT2D eigenvalue weighted by molar-refractivity contribution is -0.122. The summed E-state index contributed by atoms with van der Waals surface area (Å²) in [5.74, 6) is -0.162. The molecule has 1 amide bonds. The minimum atomic E-state index is -4.15. The summed E-state index contributed by atoms with van der Waals surface area (Å²) in [4.78, 5) is 12.9. The molecule has 0 saturated heterocycles. The molecule has 2 aromatic rings. The topological polar surface area (TPSA) is 76.1 Å². The highest BCUT2D eigenvalue weighted by Crippen LogP contribution is 2.38. The molecule has 12 heteroatoms. The number of amides is 1. The third kappa shape index (κ3) is 6.23. The Kier molecular flexibility index (Phi) is 8.99. The van der Waals surface area contributed by atoms with Crippen molar-refractivity contribution in [2.45, 2.75) is 42.3 Å². The van der Waals surface area contributed by atoms with Crippen molar-refractivity contribution in [3.63, 3.8) is 0 Å². The van der Waals surface area contributed by atoms with Crippen LogP contribution in [0.4, 0.5) is 20.2 Å². The number of benzene rings is 2. The average Bonchev–Trinajstić information content (AvgIpc) is 2.86. The predicted octanol–water partition coefficient (Wildman–Crippen LogP) is 5.33. The first kappa shape index (κ1) is 28.0. The van der Waals surface area contributed by atoms with Gasteiger partial charge in [-0.25, -0.2) is 8.42 Å². The molecule has 1 saturated carbocycles. The van der Waals surface area contributed by atoms with Gasteiger partial charge >= 0.3 is 0 Å². The summed E-state index contributed by atoms with van der Waals surface area (Å²) in [6, 6.07) is 9.52. The fraction of sp³-hybridized carbons (Fsp3) is 0.435. The smallest absolute Gasteiger partial charge is 0.283 e. The van der Waals surface area contributed by atoms with E-state index in [0.29, 0.717) is 5.69 Å². The van der Waals surface area contributed by atoms with Crippen LogP contribution >= 0.6 is 32.1 Å². The Morgan fingerprint density at radius 3 is 2.31 bits per heavy atom. The average molecular weight is 640 g/mol. The molecule has 1 atom stereocenters. The largest absolute Gasteiger partial charge is 0.495 e. The Balaban J connectivity index is 1.86. The van der Waals surface area contributed by atoms with Gasteiger partial charge in [-0.1, -0.05) is 21.4 Å². The first-order valence-corrected chi connectivity index (χ1v) is 13.8. The lowest BCUT2D eigenvalue weighted by Gasteiger charge is -2.29. The van der Waals surface area contributed by atoms with Gasteiger partial charge in [-0.3, -0.25) is 12.2 Å². The summed E-state index contributed by atoms with van der Waals surface area (Å²) < 4.78 is 67.3. The van der Waals surface area contributed by atoms with Gasteiger partial charge in [0.2, 0.25) is 5.91 Å². The van der Waals surface area contributed by atoms with E-state index in [-0.39, 0.29) is 39.8 Å². The van der Waals surface area contributed by atoms with Crippen molar-refractivity contribution < 1.29 is 31.5 Å². The molecule has 1 aliphatic rings. The molecule has 0 heterocycles. The van der Waals surface area contributed by atoms with Crippen molar-refractivity contribution in [3.8, 4) is 5.75 Å². The van der Waals surface area contributed by atoms with Gasteiger partial charge in [0.25, 0.3) is 15.7 Å². The van der Waals surface area contributed by atoms with Gasteiger partial charge in [-0.15, -0.1) is 0 Å². The van der Waals surface area contributed by atoms with Crippen LogP contribution in [-0.2, 0) is 25.2 Å². The van der Waals surface area contributed by atoms with Gasteiger partial charge in [-0.05, 0) is 49.9 Å². The lowest BCUT2D eigenvalue weighted by atomic mass is 9.87. The molecular weight excluding hydrogens is 612 g/mol. The van der Waals surface area contributed by atoms with Crippen LogP contribution in [0.3, 0.4) is 0 Å². The Morgan fingerprint density at radius 2 is 1.74 bits per heavy atom. The molecule has 0 spiro atoms. The van der Waals surface area contributed by atoms with E-state index in [0.717, 1.165) is 36.1 Å². The van der Waals surface area contributed by atoms with E-state index >= 15 is 0 Å². The van der Waals surface area contributed by atoms with Gasteiger partial charge in [0.1, 0.15) is 10.6 Å². The minimum absolute atomic E-state index is 0.0411. The van der Waals surface area contributed by atoms with Crippen LogP contribution in [0.25, 0.3) is 0 Å². The highest BCUT2D eigenvalue weighted by molar-refractivity contribution is 14.1. The molecule has 7 nitrogen and oxygen atoms in total. The molecule has 0 aromatic heterocycles. The number of hydrogen-bond acceptors (Lipinski definition) is 5. The number of nitrogens with zero attached hydrogens (tertiary/aromatic N) is 2. The summed E-state index contributed by atoms with van der Waals surface area (Å²) in [5.41, 5.74) is -2.97. The number of sulfonamides is 1. The molecule has 0 radical (unpaired) electrons. The zero-order chi connectivity index (χ0) is 26.0. The number of halogens is 3. The Labute approximate surface area is 220 Å². The van der Waals surface area contributed by atoms with Crippen molar-refractivity contribution in [1.82, 2.24) is 0 Å². The second-order valence-electron chi connectivity index (χ2n) is 8.31. The number of carbonyl (C=O) groups excluding carboxylic acids is 1. The van der Waals surface area contributed by atoms with Gasteiger partial charge in [0.05, 0.1) is 47.5 Å². The van der Waals surface area contributed by atoms with E-state index in [1.807, 2.05) is 22.9 Å². The maximum absolute atomic E-state index is 13.7. The summed E-state index contributed by atoms with van der Waals surface area (Å²) >= 11 is 1.91. The van der Waals surface area contributed by atoms with Crippen LogP contribution in [0, 0.1) is 5.92 Å². The Bertz CT molecular complexity index is 1170. The normalized spacial score (nSPS) is 18.7. The van der Waals surface area contributed by atoms with E-state index in [2.05, 4.69) is 0 Å². The second kappa shape index (κ2) is 11.2. The van der Waals surface area contributed by atoms with Crippen LogP contribution < -0.4 is 12.2 Å². The SMILES string of the molecule is COc1cc(N(I)C(=O)C2CCC(OC)CC2)ccc1S(=O)(=O)N(C)c1cccc(C(F)(F)P)c1. The summed E-state index contributed by atoms with van der Waals surface area (Å²) in [6.45, 7) is 0. The summed E-state index contributed by atoms with van der Waals surface area (Å²) in [5, 5.41) is 0. The molecule has 1 aliphatic carbocycles. The number of hydrogen-bond donors (Lipinski definition) is 0. The summed E-state index contributed by atoms with van der Waals surface area (Å²) in [6.07, 6.45) is 3.24. The molecule has 35 heavy (non-hydrogen) atoms. The predicted molar refractivity (Wildman–Crippen MR) is 143 cm³/mol. The van der Waals surface area contributed by atoms with Crippen LogP contribution in [0.5, 0.6) is 5.75 Å². The number of alkyl halides is 2. The standard InChI is InChI=1S/C23H28F2IN2O5PS/c1-27(17-6-4-5-16(13-17)23(24,25)34)35(30,31)21-12-9-18(14-20(21)33-3)28(26)22(29)15-7-10-19(32-2)11-8-15/h4-6,9,12-15,19H,7-8,10-11,34H2,1-3H3. The third-order valence-electron chi connectivity index (χ3n) is 6.16. The Hall–Kier alpha value is -1.56. The third-order valence-corrected chi connectivity index (χ3v) is 9.35. The van der Waals surface area contributed by atoms with Crippen molar-refractivity contribution in [2.75, 3.05) is 28.7 Å². The maximum Gasteiger partial charge on any atom is 0.283 e. The van der Waals surface area contributed by atoms with Crippen LogP contribution in [0.15, 0.2) is 47.4 Å². The second-order valence-corrected chi connectivity index (χ2v) is 11.9. The minimum Gasteiger partial charge on any atom is -0.495 e. The maximum atomic E-state index is 13.7. The van der Waals surface area contributed by atoms with E-state index in [4.69, 9.17) is 9.47 Å². The molecule has 0 bridgehead atoms. The summed E-state index contributed by atoms with van der Waals surface area (Å²) in [7, 11) is 1.58. The monoisotopic (exact) mass is 640 g/mol. The van der Waals surface area contributed by atoms with Crippen molar-refractivity contribution in [2.24, 2.45) is 5.92 Å². The van der Waals surface area contributed by atoms with Crippen LogP contribution in [0.1, 0.15) is 31.2 Å². The number of rotatable bonds is 8. The molecule has 3 rings (SSSR count). The zero-order valence-electron chi connectivity index (χ0n) is 19.6. The number of carbonyl (C=O) groups is 1. The first-order chi connectivity index (χ1) is 16.4. The molecule has 192 valence electrons. The Morgan fingerprint density at radius 1 is 1.09 bits per heavy atom. The van der Waals surface area contributed by atoms with E-state index in [9.17, 15) is 22.0 Å². The van der Waals surface area contributed by atoms with E-state index < -0.39 is 15.7 Å². The van der Waals surface area contributed by atoms with Crippen molar-refractivity contribution in [3.05, 3.63) is 48.0 Å². The number of methoxy groups -OCH3 is 2. The fourth-order valence-corrected chi connectivity index (χ4v) is 6.22. The zero-order valence-corrected chi connectivity index (χ0v) is 23.7. The van der Waals surface area contributed by atoms with Gasteiger partial charge in [0, 0.05) is 31.7 Å². The van der Waals surface area contributed by atoms with Crippen LogP contribution in [0.2, 0.25) is 0 Å². The highest BCUT2D eigenvalue weighted by atomic mass is 127. The van der Waals surface area contributed by atoms with Gasteiger partial charge in [-0.2, -0.15) is 8.78 Å². The van der Waals surface area contributed by atoms with Crippen molar-refractivity contribution in [1.29, 1.82) is 0 Å². The number of ether oxygens (including phenoxy) is 2. The molecule has 1 unspecified atom stereocenters. The lowest BCUT2D eigenvalue weighted by Crippen LogP contribution is -2.33. The molecule has 0 aliphatic heterocycles. The molecule has 0 N–H and O–H groups in total. The highest BCUT2D eigenvalue weighted by Gasteiger charge is 2.32. The first-order valence-electron chi connectivity index (χ1n) is 10.9. The molecule has 2 aromatic carbocycles. The quantitative estimate of drug-likeness (QED) is 0.222. The fourth-order valence-electron chi connectivity index (χ4n) is 4.02. The number of anilines is 2. The van der Waals surface area contributed by atoms with Crippen LogP contribution in [-0.4, -0.2) is 41.7 Å². The molecular formula is C23H28F2IN2O5PS. The van der Waals surface area contributed by atoms with Gasteiger partial charge in [0.15, 0.2) is 0 Å².